The third kappa shape index (κ3) is 4.93. The second kappa shape index (κ2) is 7.82. The molecule has 0 saturated heterocycles. The summed E-state index contributed by atoms with van der Waals surface area (Å²) in [6.07, 6.45) is 2.16. The first-order chi connectivity index (χ1) is 9.08. The number of benzene rings is 1. The maximum absolute atomic E-state index is 11.7. The first kappa shape index (κ1) is 15.5. The van der Waals surface area contributed by atoms with Crippen molar-refractivity contribution in [3.05, 3.63) is 29.8 Å². The summed E-state index contributed by atoms with van der Waals surface area (Å²) in [7, 11) is 1.40. The molecule has 106 valence electrons. The molecule has 0 amide bonds. The van der Waals surface area contributed by atoms with Gasteiger partial charge >= 0.3 is 5.97 Å². The summed E-state index contributed by atoms with van der Waals surface area (Å²) < 4.78 is 10.6. The van der Waals surface area contributed by atoms with Crippen LogP contribution < -0.4 is 4.74 Å². The molecule has 0 saturated carbocycles. The predicted molar refractivity (Wildman–Crippen MR) is 76.5 cm³/mol. The maximum atomic E-state index is 11.7. The van der Waals surface area contributed by atoms with Crippen molar-refractivity contribution in [3.63, 3.8) is 0 Å². The Balaban J connectivity index is 2.77. The van der Waals surface area contributed by atoms with Crippen LogP contribution in [0.3, 0.4) is 0 Å². The summed E-state index contributed by atoms with van der Waals surface area (Å²) in [5.74, 6) is 0.872. The highest BCUT2D eigenvalue weighted by Crippen LogP contribution is 2.22. The number of rotatable bonds is 7. The van der Waals surface area contributed by atoms with E-state index in [2.05, 4.69) is 26.8 Å². The van der Waals surface area contributed by atoms with Crippen molar-refractivity contribution in [1.29, 1.82) is 0 Å². The predicted octanol–water partition coefficient (Wildman–Crippen LogP) is 3.92. The number of carbonyl (C=O) groups is 1. The van der Waals surface area contributed by atoms with Crippen molar-refractivity contribution in [1.82, 2.24) is 0 Å². The third-order valence-electron chi connectivity index (χ3n) is 3.09. The SMILES string of the molecule is CCCCC(Oc1cccc(C(C)C)c1)C(=O)OC. The molecule has 0 fully saturated rings. The first-order valence-electron chi connectivity index (χ1n) is 6.93. The van der Waals surface area contributed by atoms with Crippen molar-refractivity contribution in [2.24, 2.45) is 0 Å². The van der Waals surface area contributed by atoms with Gasteiger partial charge in [0.05, 0.1) is 7.11 Å². The van der Waals surface area contributed by atoms with E-state index in [9.17, 15) is 4.79 Å². The minimum Gasteiger partial charge on any atom is -0.479 e. The van der Waals surface area contributed by atoms with Crippen LogP contribution in [0.15, 0.2) is 24.3 Å². The lowest BCUT2D eigenvalue weighted by atomic mass is 10.0. The zero-order valence-corrected chi connectivity index (χ0v) is 12.3. The lowest BCUT2D eigenvalue weighted by Gasteiger charge is -2.17. The number of carbonyl (C=O) groups excluding carboxylic acids is 1. The quantitative estimate of drug-likeness (QED) is 0.700. The number of methoxy groups -OCH3 is 1. The fourth-order valence-corrected chi connectivity index (χ4v) is 1.86. The van der Waals surface area contributed by atoms with E-state index in [4.69, 9.17) is 9.47 Å². The van der Waals surface area contributed by atoms with Gasteiger partial charge in [0.2, 0.25) is 0 Å². The second-order valence-corrected chi connectivity index (χ2v) is 5.00. The minimum atomic E-state index is -0.507. The van der Waals surface area contributed by atoms with Crippen molar-refractivity contribution in [2.75, 3.05) is 7.11 Å². The molecule has 1 aromatic carbocycles. The lowest BCUT2D eigenvalue weighted by Crippen LogP contribution is -2.28. The summed E-state index contributed by atoms with van der Waals surface area (Å²) in [4.78, 5) is 11.7. The van der Waals surface area contributed by atoms with Gasteiger partial charge in [-0.15, -0.1) is 0 Å². The van der Waals surface area contributed by atoms with Gasteiger partial charge in [-0.2, -0.15) is 0 Å². The van der Waals surface area contributed by atoms with E-state index in [1.54, 1.807) is 0 Å². The molecule has 0 heterocycles. The van der Waals surface area contributed by atoms with Crippen molar-refractivity contribution in [2.45, 2.75) is 52.1 Å². The van der Waals surface area contributed by atoms with E-state index >= 15 is 0 Å². The van der Waals surface area contributed by atoms with Gasteiger partial charge in [0.1, 0.15) is 5.75 Å². The molecule has 0 spiro atoms. The molecule has 1 rings (SSSR count). The number of esters is 1. The Morgan fingerprint density at radius 2 is 2.05 bits per heavy atom. The molecule has 3 nitrogen and oxygen atoms in total. The van der Waals surface area contributed by atoms with Crippen LogP contribution in [-0.4, -0.2) is 19.2 Å². The van der Waals surface area contributed by atoms with Crippen LogP contribution in [0.4, 0.5) is 0 Å². The first-order valence-corrected chi connectivity index (χ1v) is 6.93. The smallest absolute Gasteiger partial charge is 0.347 e. The Bertz CT molecular complexity index is 399. The van der Waals surface area contributed by atoms with Gasteiger partial charge in [-0.3, -0.25) is 0 Å². The van der Waals surface area contributed by atoms with Crippen LogP contribution in [0.1, 0.15) is 51.5 Å². The summed E-state index contributed by atoms with van der Waals surface area (Å²) >= 11 is 0. The van der Waals surface area contributed by atoms with Crippen LogP contribution >= 0.6 is 0 Å². The molecule has 0 bridgehead atoms. The summed E-state index contributed by atoms with van der Waals surface area (Å²) in [5, 5.41) is 0. The van der Waals surface area contributed by atoms with Gasteiger partial charge in [0, 0.05) is 0 Å². The molecule has 1 unspecified atom stereocenters. The van der Waals surface area contributed by atoms with E-state index in [1.807, 2.05) is 18.2 Å². The standard InChI is InChI=1S/C16H24O3/c1-5-6-10-15(16(17)18-4)19-14-9-7-8-13(11-14)12(2)3/h7-9,11-12,15H,5-6,10H2,1-4H3. The Hall–Kier alpha value is -1.51. The Morgan fingerprint density at radius 1 is 1.32 bits per heavy atom. The van der Waals surface area contributed by atoms with Gasteiger partial charge < -0.3 is 9.47 Å². The topological polar surface area (TPSA) is 35.5 Å². The van der Waals surface area contributed by atoms with Gasteiger partial charge in [0.15, 0.2) is 6.10 Å². The zero-order valence-electron chi connectivity index (χ0n) is 12.3. The molecule has 0 aliphatic carbocycles. The number of ether oxygens (including phenoxy) is 2. The molecule has 0 aliphatic rings. The highest BCUT2D eigenvalue weighted by molar-refractivity contribution is 5.74. The van der Waals surface area contributed by atoms with Crippen LogP contribution in [0, 0.1) is 0 Å². The minimum absolute atomic E-state index is 0.302. The van der Waals surface area contributed by atoms with Crippen molar-refractivity contribution in [3.8, 4) is 5.75 Å². The molecule has 0 N–H and O–H groups in total. The van der Waals surface area contributed by atoms with Crippen molar-refractivity contribution < 1.29 is 14.3 Å². The van der Waals surface area contributed by atoms with Crippen molar-refractivity contribution >= 4 is 5.97 Å². The molecule has 0 radical (unpaired) electrons. The Morgan fingerprint density at radius 3 is 2.63 bits per heavy atom. The normalized spacial score (nSPS) is 12.3. The highest BCUT2D eigenvalue weighted by atomic mass is 16.6. The summed E-state index contributed by atoms with van der Waals surface area (Å²) in [5.41, 5.74) is 1.21. The number of hydrogen-bond donors (Lipinski definition) is 0. The Labute approximate surface area is 115 Å². The van der Waals surface area contributed by atoms with Crippen LogP contribution in [0.2, 0.25) is 0 Å². The average Bonchev–Trinajstić information content (AvgIpc) is 2.42. The maximum Gasteiger partial charge on any atom is 0.347 e. The van der Waals surface area contributed by atoms with E-state index in [-0.39, 0.29) is 5.97 Å². The van der Waals surface area contributed by atoms with E-state index in [0.29, 0.717) is 12.3 Å². The second-order valence-electron chi connectivity index (χ2n) is 5.00. The molecular formula is C16H24O3. The molecule has 3 heteroatoms. The number of hydrogen-bond acceptors (Lipinski definition) is 3. The average molecular weight is 264 g/mol. The van der Waals surface area contributed by atoms with E-state index in [0.717, 1.165) is 18.6 Å². The molecule has 1 aromatic rings. The van der Waals surface area contributed by atoms with E-state index < -0.39 is 6.10 Å². The fraction of sp³-hybridized carbons (Fsp3) is 0.562. The monoisotopic (exact) mass is 264 g/mol. The largest absolute Gasteiger partial charge is 0.479 e. The summed E-state index contributed by atoms with van der Waals surface area (Å²) in [6.45, 7) is 6.36. The molecule has 19 heavy (non-hydrogen) atoms. The fourth-order valence-electron chi connectivity index (χ4n) is 1.86. The Kier molecular flexibility index (Phi) is 6.40. The molecule has 0 aromatic heterocycles. The zero-order chi connectivity index (χ0) is 14.3. The van der Waals surface area contributed by atoms with Gasteiger partial charge in [-0.1, -0.05) is 39.3 Å². The van der Waals surface area contributed by atoms with Gasteiger partial charge in [0.25, 0.3) is 0 Å². The van der Waals surface area contributed by atoms with Crippen LogP contribution in [-0.2, 0) is 9.53 Å². The summed E-state index contributed by atoms with van der Waals surface area (Å²) in [6, 6.07) is 7.90. The van der Waals surface area contributed by atoms with Crippen LogP contribution in [0.5, 0.6) is 5.75 Å². The molecular weight excluding hydrogens is 240 g/mol. The van der Waals surface area contributed by atoms with Gasteiger partial charge in [-0.05, 0) is 36.5 Å². The van der Waals surface area contributed by atoms with Gasteiger partial charge in [-0.25, -0.2) is 4.79 Å². The molecule has 1 atom stereocenters. The van der Waals surface area contributed by atoms with Crippen LogP contribution in [0.25, 0.3) is 0 Å². The third-order valence-corrected chi connectivity index (χ3v) is 3.09. The van der Waals surface area contributed by atoms with E-state index in [1.165, 1.54) is 12.7 Å². The highest BCUT2D eigenvalue weighted by Gasteiger charge is 2.20. The molecule has 0 aliphatic heterocycles. The number of unbranched alkanes of at least 4 members (excludes halogenated alkanes) is 1. The lowest BCUT2D eigenvalue weighted by molar-refractivity contribution is -0.149.